The van der Waals surface area contributed by atoms with Gasteiger partial charge in [-0.25, -0.2) is 4.79 Å². The zero-order valence-corrected chi connectivity index (χ0v) is 12.0. The van der Waals surface area contributed by atoms with Crippen molar-refractivity contribution in [2.45, 2.75) is 57.0 Å². The van der Waals surface area contributed by atoms with Crippen LogP contribution in [0.5, 0.6) is 0 Å². The van der Waals surface area contributed by atoms with Gasteiger partial charge >= 0.3 is 6.09 Å². The molecule has 2 fully saturated rings. The van der Waals surface area contributed by atoms with Crippen molar-refractivity contribution in [2.24, 2.45) is 0 Å². The number of ether oxygens (including phenoxy) is 2. The Kier molecular flexibility index (Phi) is 3.21. The van der Waals surface area contributed by atoms with Gasteiger partial charge in [0.25, 0.3) is 0 Å². The van der Waals surface area contributed by atoms with E-state index in [1.54, 1.807) is 0 Å². The molecule has 20 heavy (non-hydrogen) atoms. The molecule has 0 unspecified atom stereocenters. The summed E-state index contributed by atoms with van der Waals surface area (Å²) in [5.74, 6) is 0. The van der Waals surface area contributed by atoms with Gasteiger partial charge in [0, 0.05) is 0 Å². The quantitative estimate of drug-likeness (QED) is 0.922. The monoisotopic (exact) mass is 275 g/mol. The predicted molar refractivity (Wildman–Crippen MR) is 75.3 cm³/mol. The van der Waals surface area contributed by atoms with Crippen LogP contribution >= 0.6 is 0 Å². The standard InChI is InChI=1S/C16H21NO3/c1-15-8-9-16(2,20-15)13(10-15)17-14(18)19-11-12-6-4-3-5-7-12/h3-7,13H,8-11H2,1-2H3,(H,17,18)/t13-,15+,16-/m0/s1. The van der Waals surface area contributed by atoms with Gasteiger partial charge in [0.2, 0.25) is 0 Å². The second-order valence-corrected chi connectivity index (χ2v) is 6.33. The summed E-state index contributed by atoms with van der Waals surface area (Å²) in [6.45, 7) is 4.50. The summed E-state index contributed by atoms with van der Waals surface area (Å²) in [5, 5.41) is 2.96. The topological polar surface area (TPSA) is 47.6 Å². The molecule has 0 aromatic heterocycles. The van der Waals surface area contributed by atoms with Gasteiger partial charge in [0.1, 0.15) is 6.61 Å². The van der Waals surface area contributed by atoms with E-state index in [1.807, 2.05) is 30.3 Å². The fraction of sp³-hybridized carbons (Fsp3) is 0.562. The highest BCUT2D eigenvalue weighted by atomic mass is 16.6. The Bertz CT molecular complexity index is 504. The lowest BCUT2D eigenvalue weighted by Gasteiger charge is -2.29. The summed E-state index contributed by atoms with van der Waals surface area (Å²) < 4.78 is 11.3. The fourth-order valence-electron chi connectivity index (χ4n) is 3.33. The van der Waals surface area contributed by atoms with E-state index in [1.165, 1.54) is 0 Å². The number of rotatable bonds is 3. The van der Waals surface area contributed by atoms with Crippen molar-refractivity contribution < 1.29 is 14.3 Å². The maximum absolute atomic E-state index is 11.9. The molecule has 0 aliphatic carbocycles. The van der Waals surface area contributed by atoms with Crippen molar-refractivity contribution >= 4 is 6.09 Å². The van der Waals surface area contributed by atoms with Crippen molar-refractivity contribution in [3.05, 3.63) is 35.9 Å². The first-order valence-corrected chi connectivity index (χ1v) is 7.17. The van der Waals surface area contributed by atoms with Crippen LogP contribution in [0.1, 0.15) is 38.7 Å². The van der Waals surface area contributed by atoms with Gasteiger partial charge in [-0.1, -0.05) is 30.3 Å². The van der Waals surface area contributed by atoms with Crippen LogP contribution in [0.25, 0.3) is 0 Å². The third-order valence-electron chi connectivity index (χ3n) is 4.51. The molecule has 1 N–H and O–H groups in total. The van der Waals surface area contributed by atoms with Crippen LogP contribution in [0.4, 0.5) is 4.79 Å². The van der Waals surface area contributed by atoms with Gasteiger partial charge in [-0.2, -0.15) is 0 Å². The molecule has 2 aliphatic rings. The lowest BCUT2D eigenvalue weighted by molar-refractivity contribution is -0.0325. The second-order valence-electron chi connectivity index (χ2n) is 6.33. The summed E-state index contributed by atoms with van der Waals surface area (Å²) in [6.07, 6.45) is 2.57. The van der Waals surface area contributed by atoms with Crippen molar-refractivity contribution in [3.63, 3.8) is 0 Å². The van der Waals surface area contributed by atoms with Crippen LogP contribution in [0.15, 0.2) is 30.3 Å². The first-order chi connectivity index (χ1) is 9.49. The van der Waals surface area contributed by atoms with E-state index >= 15 is 0 Å². The zero-order chi connectivity index (χ0) is 14.2. The van der Waals surface area contributed by atoms with E-state index < -0.39 is 0 Å². The highest BCUT2D eigenvalue weighted by Gasteiger charge is 2.57. The smallest absolute Gasteiger partial charge is 0.407 e. The van der Waals surface area contributed by atoms with E-state index in [4.69, 9.17) is 9.47 Å². The molecule has 4 nitrogen and oxygen atoms in total. The normalized spacial score (nSPS) is 35.0. The van der Waals surface area contributed by atoms with Crippen LogP contribution in [0.3, 0.4) is 0 Å². The molecule has 3 rings (SSSR count). The molecule has 2 saturated heterocycles. The van der Waals surface area contributed by atoms with Crippen LogP contribution in [-0.4, -0.2) is 23.3 Å². The maximum Gasteiger partial charge on any atom is 0.407 e. The first-order valence-electron chi connectivity index (χ1n) is 7.17. The van der Waals surface area contributed by atoms with Crippen LogP contribution in [0, 0.1) is 0 Å². The van der Waals surface area contributed by atoms with Crippen LogP contribution in [-0.2, 0) is 16.1 Å². The highest BCUT2D eigenvalue weighted by Crippen LogP contribution is 2.50. The molecule has 2 bridgehead atoms. The Labute approximate surface area is 119 Å². The van der Waals surface area contributed by atoms with Gasteiger partial charge < -0.3 is 14.8 Å². The van der Waals surface area contributed by atoms with Gasteiger partial charge in [-0.15, -0.1) is 0 Å². The number of alkyl carbamates (subject to hydrolysis) is 1. The predicted octanol–water partition coefficient (Wildman–Crippen LogP) is 3.01. The van der Waals surface area contributed by atoms with Gasteiger partial charge in [0.15, 0.2) is 0 Å². The molecule has 0 saturated carbocycles. The molecule has 2 heterocycles. The maximum atomic E-state index is 11.9. The fourth-order valence-corrected chi connectivity index (χ4v) is 3.33. The SMILES string of the molecule is C[C@]12CC[C@](C)(O1)[C@@H](NC(=O)OCc1ccccc1)C2. The highest BCUT2D eigenvalue weighted by molar-refractivity contribution is 5.68. The minimum absolute atomic E-state index is 0.0459. The van der Waals surface area contributed by atoms with E-state index in [-0.39, 0.29) is 23.3 Å². The molecule has 1 aromatic carbocycles. The number of carbonyl (C=O) groups is 1. The van der Waals surface area contributed by atoms with E-state index in [0.717, 1.165) is 24.8 Å². The number of hydrogen-bond donors (Lipinski definition) is 1. The Balaban J connectivity index is 1.53. The average Bonchev–Trinajstić information content (AvgIpc) is 2.86. The van der Waals surface area contributed by atoms with E-state index in [9.17, 15) is 4.79 Å². The van der Waals surface area contributed by atoms with Crippen molar-refractivity contribution in [1.29, 1.82) is 0 Å². The Morgan fingerprint density at radius 2 is 2.10 bits per heavy atom. The first kappa shape index (κ1) is 13.4. The van der Waals surface area contributed by atoms with Gasteiger partial charge in [-0.3, -0.25) is 0 Å². The molecule has 1 amide bonds. The van der Waals surface area contributed by atoms with Crippen molar-refractivity contribution in [3.8, 4) is 0 Å². The molecule has 2 aliphatic heterocycles. The van der Waals surface area contributed by atoms with Crippen LogP contribution < -0.4 is 5.32 Å². The largest absolute Gasteiger partial charge is 0.445 e. The summed E-state index contributed by atoms with van der Waals surface area (Å²) in [7, 11) is 0. The Morgan fingerprint density at radius 3 is 2.70 bits per heavy atom. The summed E-state index contributed by atoms with van der Waals surface area (Å²) in [6, 6.07) is 9.74. The molecule has 0 radical (unpaired) electrons. The van der Waals surface area contributed by atoms with E-state index in [2.05, 4.69) is 19.2 Å². The number of nitrogens with one attached hydrogen (secondary N) is 1. The lowest BCUT2D eigenvalue weighted by Crippen LogP contribution is -2.48. The third-order valence-corrected chi connectivity index (χ3v) is 4.51. The summed E-state index contributed by atoms with van der Waals surface area (Å²) in [5.41, 5.74) is 0.678. The zero-order valence-electron chi connectivity index (χ0n) is 12.0. The minimum atomic E-state index is -0.361. The molecular weight excluding hydrogens is 254 g/mol. The molecule has 1 aromatic rings. The summed E-state index contributed by atoms with van der Waals surface area (Å²) in [4.78, 5) is 11.9. The van der Waals surface area contributed by atoms with E-state index in [0.29, 0.717) is 6.61 Å². The number of fused-ring (bicyclic) bond motifs is 2. The van der Waals surface area contributed by atoms with Gasteiger partial charge in [-0.05, 0) is 38.7 Å². The van der Waals surface area contributed by atoms with Gasteiger partial charge in [0.05, 0.1) is 17.2 Å². The minimum Gasteiger partial charge on any atom is -0.445 e. The molecule has 108 valence electrons. The molecule has 3 atom stereocenters. The van der Waals surface area contributed by atoms with Crippen LogP contribution in [0.2, 0.25) is 0 Å². The molecular formula is C16H21NO3. The number of amides is 1. The lowest BCUT2D eigenvalue weighted by atomic mass is 9.80. The Hall–Kier alpha value is -1.55. The molecule has 0 spiro atoms. The number of carbonyl (C=O) groups excluding carboxylic acids is 1. The van der Waals surface area contributed by atoms with Crippen molar-refractivity contribution in [1.82, 2.24) is 5.32 Å². The average molecular weight is 275 g/mol. The second kappa shape index (κ2) is 4.77. The molecule has 4 heteroatoms. The number of hydrogen-bond acceptors (Lipinski definition) is 3. The Morgan fingerprint density at radius 1 is 1.35 bits per heavy atom. The number of benzene rings is 1. The summed E-state index contributed by atoms with van der Waals surface area (Å²) >= 11 is 0. The third kappa shape index (κ3) is 2.52. The van der Waals surface area contributed by atoms with Crippen molar-refractivity contribution in [2.75, 3.05) is 0 Å².